The van der Waals surface area contributed by atoms with Gasteiger partial charge in [-0.2, -0.15) is 13.2 Å². The minimum absolute atomic E-state index is 0.0337. The first-order valence-corrected chi connectivity index (χ1v) is 10.9. The number of hydrogen-bond acceptors (Lipinski definition) is 5. The lowest BCUT2D eigenvalue weighted by Gasteiger charge is -2.45. The van der Waals surface area contributed by atoms with Crippen molar-refractivity contribution >= 4 is 29.2 Å². The SMILES string of the molecule is CC(C)N(C)[C@@H]1CCN(c2cc(F)cc3c2N=C(C2CC2)NS3)[C@H](C(F)(F)F)C1. The fraction of sp³-hybridized carbons (Fsp3) is 0.650. The van der Waals surface area contributed by atoms with Gasteiger partial charge in [-0.15, -0.1) is 0 Å². The minimum atomic E-state index is -4.40. The van der Waals surface area contributed by atoms with Gasteiger partial charge in [0.15, 0.2) is 0 Å². The van der Waals surface area contributed by atoms with E-state index in [1.807, 2.05) is 25.8 Å². The number of amidine groups is 1. The molecular formula is C20H26F4N4S. The predicted molar refractivity (Wildman–Crippen MR) is 108 cm³/mol. The van der Waals surface area contributed by atoms with Gasteiger partial charge in [0.05, 0.1) is 10.6 Å². The first-order valence-electron chi connectivity index (χ1n) is 10.1. The Morgan fingerprint density at radius 3 is 2.59 bits per heavy atom. The van der Waals surface area contributed by atoms with Crippen LogP contribution in [0.25, 0.3) is 0 Å². The van der Waals surface area contributed by atoms with Crippen LogP contribution in [0, 0.1) is 11.7 Å². The van der Waals surface area contributed by atoms with Gasteiger partial charge in [-0.3, -0.25) is 0 Å². The van der Waals surface area contributed by atoms with E-state index in [0.29, 0.717) is 22.9 Å². The van der Waals surface area contributed by atoms with Gasteiger partial charge in [-0.1, -0.05) is 0 Å². The van der Waals surface area contributed by atoms with Crippen LogP contribution in [0.3, 0.4) is 0 Å². The van der Waals surface area contributed by atoms with E-state index in [-0.39, 0.29) is 30.7 Å². The van der Waals surface area contributed by atoms with Gasteiger partial charge < -0.3 is 14.5 Å². The zero-order chi connectivity index (χ0) is 20.9. The molecule has 1 aromatic rings. The lowest BCUT2D eigenvalue weighted by atomic mass is 9.93. The van der Waals surface area contributed by atoms with E-state index in [2.05, 4.69) is 9.71 Å². The Morgan fingerprint density at radius 1 is 1.24 bits per heavy atom. The zero-order valence-electron chi connectivity index (χ0n) is 16.8. The molecule has 0 aromatic heterocycles. The van der Waals surface area contributed by atoms with Crippen molar-refractivity contribution in [1.29, 1.82) is 0 Å². The summed E-state index contributed by atoms with van der Waals surface area (Å²) in [6.07, 6.45) is -1.79. The molecule has 0 unspecified atom stereocenters. The summed E-state index contributed by atoms with van der Waals surface area (Å²) in [5.41, 5.74) is 0.710. The number of nitrogens with zero attached hydrogens (tertiary/aromatic N) is 3. The summed E-state index contributed by atoms with van der Waals surface area (Å²) in [6, 6.07) is 0.891. The summed E-state index contributed by atoms with van der Waals surface area (Å²) in [4.78, 5) is 8.48. The number of hydrogen-bond donors (Lipinski definition) is 1. The van der Waals surface area contributed by atoms with Gasteiger partial charge in [0.1, 0.15) is 23.4 Å². The van der Waals surface area contributed by atoms with Gasteiger partial charge in [-0.25, -0.2) is 9.38 Å². The molecule has 0 amide bonds. The summed E-state index contributed by atoms with van der Waals surface area (Å²) < 4.78 is 59.6. The monoisotopic (exact) mass is 430 g/mol. The Hall–Kier alpha value is -1.48. The topological polar surface area (TPSA) is 30.9 Å². The molecular weight excluding hydrogens is 404 g/mol. The predicted octanol–water partition coefficient (Wildman–Crippen LogP) is 5.12. The maximum atomic E-state index is 14.3. The summed E-state index contributed by atoms with van der Waals surface area (Å²) in [5, 5.41) is 0. The highest BCUT2D eigenvalue weighted by atomic mass is 32.2. The largest absolute Gasteiger partial charge is 0.408 e. The van der Waals surface area contributed by atoms with Gasteiger partial charge >= 0.3 is 6.18 Å². The summed E-state index contributed by atoms with van der Waals surface area (Å²) in [5.74, 6) is 0.575. The van der Waals surface area contributed by atoms with Crippen molar-refractivity contribution in [2.45, 2.75) is 68.7 Å². The minimum Gasteiger partial charge on any atom is -0.358 e. The van der Waals surface area contributed by atoms with Gasteiger partial charge in [0.25, 0.3) is 0 Å². The van der Waals surface area contributed by atoms with Crippen molar-refractivity contribution in [1.82, 2.24) is 9.62 Å². The average Bonchev–Trinajstić information content (AvgIpc) is 3.50. The van der Waals surface area contributed by atoms with Gasteiger partial charge in [0.2, 0.25) is 0 Å². The van der Waals surface area contributed by atoms with E-state index in [0.717, 1.165) is 18.7 Å². The molecule has 1 saturated heterocycles. The van der Waals surface area contributed by atoms with E-state index in [1.165, 1.54) is 29.0 Å². The molecule has 0 spiro atoms. The molecule has 4 rings (SSSR count). The third-order valence-electron chi connectivity index (χ3n) is 6.13. The number of fused-ring (bicyclic) bond motifs is 1. The van der Waals surface area contributed by atoms with Crippen molar-refractivity contribution in [2.75, 3.05) is 18.5 Å². The second-order valence-electron chi connectivity index (χ2n) is 8.44. The van der Waals surface area contributed by atoms with E-state index in [9.17, 15) is 17.6 Å². The highest BCUT2D eigenvalue weighted by Gasteiger charge is 2.48. The summed E-state index contributed by atoms with van der Waals surface area (Å²) in [7, 11) is 1.87. The van der Waals surface area contributed by atoms with E-state index < -0.39 is 18.0 Å². The fourth-order valence-electron chi connectivity index (χ4n) is 4.09. The molecule has 2 heterocycles. The van der Waals surface area contributed by atoms with E-state index in [4.69, 9.17) is 0 Å². The maximum absolute atomic E-state index is 14.3. The molecule has 2 atom stereocenters. The van der Waals surface area contributed by atoms with E-state index >= 15 is 0 Å². The molecule has 160 valence electrons. The Kier molecular flexibility index (Phi) is 5.48. The third kappa shape index (κ3) is 4.21. The molecule has 1 N–H and O–H groups in total. The number of piperidine rings is 1. The quantitative estimate of drug-likeness (QED) is 0.531. The third-order valence-corrected chi connectivity index (χ3v) is 6.98. The van der Waals surface area contributed by atoms with Crippen molar-refractivity contribution in [3.05, 3.63) is 17.9 Å². The Morgan fingerprint density at radius 2 is 1.97 bits per heavy atom. The molecule has 0 bridgehead atoms. The number of nitrogens with one attached hydrogen (secondary N) is 1. The Labute approximate surface area is 172 Å². The van der Waals surface area contributed by atoms with Crippen LogP contribution in [0.1, 0.15) is 39.5 Å². The van der Waals surface area contributed by atoms with Crippen LogP contribution in [0.15, 0.2) is 22.0 Å². The molecule has 2 aliphatic heterocycles. The van der Waals surface area contributed by atoms with Crippen LogP contribution >= 0.6 is 11.9 Å². The molecule has 2 fully saturated rings. The second-order valence-corrected chi connectivity index (χ2v) is 9.28. The first-order chi connectivity index (χ1) is 13.6. The lowest BCUT2D eigenvalue weighted by molar-refractivity contribution is -0.156. The highest BCUT2D eigenvalue weighted by molar-refractivity contribution is 7.98. The van der Waals surface area contributed by atoms with Crippen LogP contribution < -0.4 is 9.62 Å². The Balaban J connectivity index is 1.71. The van der Waals surface area contributed by atoms with Crippen LogP contribution in [0.4, 0.5) is 28.9 Å². The standard InChI is InChI=1S/C20H26F4N4S/c1-11(2)27(3)14-6-7-28(17(10-14)20(22,23)24)15-8-13(21)9-16-18(15)25-19(26-29-16)12-4-5-12/h8-9,11-12,14,17H,4-7,10H2,1-3H3,(H,25,26)/t14-,17+/m1/s1. The lowest BCUT2D eigenvalue weighted by Crippen LogP contribution is -2.56. The van der Waals surface area contributed by atoms with E-state index in [1.54, 1.807) is 0 Å². The number of rotatable bonds is 4. The molecule has 1 aromatic carbocycles. The molecule has 1 saturated carbocycles. The fourth-order valence-corrected chi connectivity index (χ4v) is 4.93. The van der Waals surface area contributed by atoms with Gasteiger partial charge in [0, 0.05) is 24.5 Å². The molecule has 0 radical (unpaired) electrons. The highest BCUT2D eigenvalue weighted by Crippen LogP contribution is 2.47. The second kappa shape index (κ2) is 7.65. The molecule has 29 heavy (non-hydrogen) atoms. The van der Waals surface area contributed by atoms with Crippen LogP contribution in [0.2, 0.25) is 0 Å². The van der Waals surface area contributed by atoms with Gasteiger partial charge in [-0.05, 0) is 70.7 Å². The Bertz CT molecular complexity index is 806. The number of alkyl halides is 3. The summed E-state index contributed by atoms with van der Waals surface area (Å²) >= 11 is 1.24. The van der Waals surface area contributed by atoms with Crippen molar-refractivity contribution in [2.24, 2.45) is 10.9 Å². The summed E-state index contributed by atoms with van der Waals surface area (Å²) in [6.45, 7) is 4.18. The first kappa shape index (κ1) is 20.8. The number of anilines is 1. The van der Waals surface area contributed by atoms with Crippen LogP contribution in [-0.2, 0) is 0 Å². The van der Waals surface area contributed by atoms with Crippen LogP contribution in [0.5, 0.6) is 0 Å². The normalized spacial score (nSPS) is 25.1. The molecule has 4 nitrogen and oxygen atoms in total. The molecule has 3 aliphatic rings. The molecule has 1 aliphatic carbocycles. The van der Waals surface area contributed by atoms with Crippen LogP contribution in [-0.4, -0.2) is 48.6 Å². The zero-order valence-corrected chi connectivity index (χ0v) is 17.6. The number of aliphatic imine (C=N–C) groups is 1. The van der Waals surface area contributed by atoms with Crippen molar-refractivity contribution in [3.8, 4) is 0 Å². The maximum Gasteiger partial charge on any atom is 0.408 e. The van der Waals surface area contributed by atoms with Crippen molar-refractivity contribution in [3.63, 3.8) is 0 Å². The number of halogens is 4. The molecule has 9 heteroatoms. The van der Waals surface area contributed by atoms with Crippen molar-refractivity contribution < 1.29 is 17.6 Å². The smallest absolute Gasteiger partial charge is 0.358 e. The number of benzene rings is 1. The average molecular weight is 431 g/mol.